The summed E-state index contributed by atoms with van der Waals surface area (Å²) < 4.78 is 0. The lowest BCUT2D eigenvalue weighted by atomic mass is 9.92. The summed E-state index contributed by atoms with van der Waals surface area (Å²) in [5.41, 5.74) is 9.63. The second-order valence-electron chi connectivity index (χ2n) is 6.27. The monoisotopic (exact) mass is 274 g/mol. The summed E-state index contributed by atoms with van der Waals surface area (Å²) >= 11 is 0. The highest BCUT2D eigenvalue weighted by Gasteiger charge is 2.32. The van der Waals surface area contributed by atoms with E-state index in [-0.39, 0.29) is 6.61 Å². The van der Waals surface area contributed by atoms with Gasteiger partial charge in [0.15, 0.2) is 0 Å². The van der Waals surface area contributed by atoms with Gasteiger partial charge in [-0.1, -0.05) is 25.3 Å². The van der Waals surface area contributed by atoms with Gasteiger partial charge in [-0.05, 0) is 48.9 Å². The Bertz CT molecular complexity index is 454. The standard InChI is InChI=1S/C17H26N2O/c18-14-7-8-16-13(12-14)6-9-17(16)19(10-11-20)15-4-2-1-3-5-15/h7-8,12,15,17,20H,1-6,9-11,18H2. The number of rotatable bonds is 4. The fraction of sp³-hybridized carbons (Fsp3) is 0.647. The zero-order chi connectivity index (χ0) is 13.9. The van der Waals surface area contributed by atoms with Crippen molar-refractivity contribution >= 4 is 5.69 Å². The third-order valence-electron chi connectivity index (χ3n) is 5.02. The summed E-state index contributed by atoms with van der Waals surface area (Å²) in [6.07, 6.45) is 8.94. The molecule has 0 amide bonds. The minimum absolute atomic E-state index is 0.261. The van der Waals surface area contributed by atoms with Crippen LogP contribution in [0.5, 0.6) is 0 Å². The minimum Gasteiger partial charge on any atom is -0.399 e. The molecule has 3 heteroatoms. The van der Waals surface area contributed by atoms with Crippen molar-refractivity contribution in [2.45, 2.75) is 57.0 Å². The van der Waals surface area contributed by atoms with E-state index >= 15 is 0 Å². The molecule has 3 nitrogen and oxygen atoms in total. The summed E-state index contributed by atoms with van der Waals surface area (Å²) in [6, 6.07) is 7.50. The van der Waals surface area contributed by atoms with Gasteiger partial charge < -0.3 is 10.8 Å². The van der Waals surface area contributed by atoms with E-state index in [2.05, 4.69) is 17.0 Å². The van der Waals surface area contributed by atoms with Crippen LogP contribution in [0.3, 0.4) is 0 Å². The quantitative estimate of drug-likeness (QED) is 0.830. The number of nitrogens with zero attached hydrogens (tertiary/aromatic N) is 1. The number of aliphatic hydroxyl groups excluding tert-OH is 1. The number of anilines is 1. The van der Waals surface area contributed by atoms with Crippen LogP contribution in [0.15, 0.2) is 18.2 Å². The zero-order valence-corrected chi connectivity index (χ0v) is 12.2. The third-order valence-corrected chi connectivity index (χ3v) is 5.02. The van der Waals surface area contributed by atoms with Gasteiger partial charge in [-0.3, -0.25) is 4.90 Å². The minimum atomic E-state index is 0.261. The Morgan fingerprint density at radius 3 is 2.70 bits per heavy atom. The third kappa shape index (κ3) is 2.70. The first-order chi connectivity index (χ1) is 9.79. The predicted molar refractivity (Wildman–Crippen MR) is 82.6 cm³/mol. The van der Waals surface area contributed by atoms with Gasteiger partial charge in [0.2, 0.25) is 0 Å². The van der Waals surface area contributed by atoms with Crippen LogP contribution in [-0.4, -0.2) is 29.2 Å². The van der Waals surface area contributed by atoms with Crippen molar-refractivity contribution in [2.75, 3.05) is 18.9 Å². The number of aryl methyl sites for hydroxylation is 1. The van der Waals surface area contributed by atoms with E-state index in [1.807, 2.05) is 6.07 Å². The molecule has 1 saturated carbocycles. The maximum absolute atomic E-state index is 9.46. The molecule has 0 radical (unpaired) electrons. The van der Waals surface area contributed by atoms with E-state index in [1.165, 1.54) is 49.7 Å². The molecule has 20 heavy (non-hydrogen) atoms. The Balaban J connectivity index is 1.82. The van der Waals surface area contributed by atoms with Crippen LogP contribution in [0.25, 0.3) is 0 Å². The van der Waals surface area contributed by atoms with Crippen LogP contribution in [0.4, 0.5) is 5.69 Å². The highest BCUT2D eigenvalue weighted by Crippen LogP contribution is 2.39. The fourth-order valence-corrected chi connectivity index (χ4v) is 4.08. The molecule has 0 heterocycles. The molecule has 110 valence electrons. The maximum Gasteiger partial charge on any atom is 0.0558 e. The highest BCUT2D eigenvalue weighted by atomic mass is 16.3. The molecule has 1 aromatic rings. The fourth-order valence-electron chi connectivity index (χ4n) is 4.08. The summed E-state index contributed by atoms with van der Waals surface area (Å²) in [6.45, 7) is 1.07. The van der Waals surface area contributed by atoms with Crippen molar-refractivity contribution in [3.05, 3.63) is 29.3 Å². The van der Waals surface area contributed by atoms with Gasteiger partial charge in [0.1, 0.15) is 0 Å². The topological polar surface area (TPSA) is 49.5 Å². The van der Waals surface area contributed by atoms with E-state index in [0.717, 1.165) is 18.7 Å². The van der Waals surface area contributed by atoms with Gasteiger partial charge in [-0.25, -0.2) is 0 Å². The average Bonchev–Trinajstić information content (AvgIpc) is 2.88. The molecule has 0 aromatic heterocycles. The van der Waals surface area contributed by atoms with Gasteiger partial charge in [0.25, 0.3) is 0 Å². The van der Waals surface area contributed by atoms with Crippen LogP contribution in [0.2, 0.25) is 0 Å². The van der Waals surface area contributed by atoms with Gasteiger partial charge in [0.05, 0.1) is 6.61 Å². The summed E-state index contributed by atoms with van der Waals surface area (Å²) in [5, 5.41) is 9.46. The molecule has 1 atom stereocenters. The van der Waals surface area contributed by atoms with Gasteiger partial charge >= 0.3 is 0 Å². The smallest absolute Gasteiger partial charge is 0.0558 e. The van der Waals surface area contributed by atoms with Crippen molar-refractivity contribution in [1.82, 2.24) is 4.90 Å². The van der Waals surface area contributed by atoms with Crippen LogP contribution >= 0.6 is 0 Å². The predicted octanol–water partition coefficient (Wildman–Crippen LogP) is 2.88. The van der Waals surface area contributed by atoms with Crippen LogP contribution < -0.4 is 5.73 Å². The second kappa shape index (κ2) is 6.15. The number of benzene rings is 1. The van der Waals surface area contributed by atoms with Crippen LogP contribution in [-0.2, 0) is 6.42 Å². The Morgan fingerprint density at radius 2 is 1.95 bits per heavy atom. The van der Waals surface area contributed by atoms with Gasteiger partial charge in [-0.2, -0.15) is 0 Å². The zero-order valence-electron chi connectivity index (χ0n) is 12.2. The Kier molecular flexibility index (Phi) is 4.27. The Morgan fingerprint density at radius 1 is 1.15 bits per heavy atom. The largest absolute Gasteiger partial charge is 0.399 e. The number of nitrogens with two attached hydrogens (primary N) is 1. The molecule has 3 N–H and O–H groups in total. The Hall–Kier alpha value is -1.06. The summed E-state index contributed by atoms with van der Waals surface area (Å²) in [4.78, 5) is 2.57. The molecular formula is C17H26N2O. The molecule has 1 aromatic carbocycles. The van der Waals surface area contributed by atoms with Gasteiger partial charge in [0, 0.05) is 24.3 Å². The normalized spacial score (nSPS) is 23.2. The SMILES string of the molecule is Nc1ccc2c(c1)CCC2N(CCO)C1CCCCC1. The Labute approximate surface area is 121 Å². The average molecular weight is 274 g/mol. The first kappa shape index (κ1) is 13.9. The van der Waals surface area contributed by atoms with Crippen molar-refractivity contribution in [1.29, 1.82) is 0 Å². The molecule has 0 bridgehead atoms. The molecule has 1 fully saturated rings. The molecule has 2 aliphatic carbocycles. The molecule has 0 saturated heterocycles. The van der Waals surface area contributed by atoms with Crippen LogP contribution in [0.1, 0.15) is 55.7 Å². The first-order valence-electron chi connectivity index (χ1n) is 8.04. The van der Waals surface area contributed by atoms with E-state index in [9.17, 15) is 5.11 Å². The first-order valence-corrected chi connectivity index (χ1v) is 8.04. The molecular weight excluding hydrogens is 248 g/mol. The van der Waals surface area contributed by atoms with Crippen LogP contribution in [0, 0.1) is 0 Å². The lowest BCUT2D eigenvalue weighted by Crippen LogP contribution is -2.40. The number of nitrogen functional groups attached to an aromatic ring is 1. The number of hydrogen-bond acceptors (Lipinski definition) is 3. The lowest BCUT2D eigenvalue weighted by molar-refractivity contribution is 0.0801. The highest BCUT2D eigenvalue weighted by molar-refractivity contribution is 5.47. The number of hydrogen-bond donors (Lipinski definition) is 2. The summed E-state index contributed by atoms with van der Waals surface area (Å²) in [7, 11) is 0. The molecule has 0 spiro atoms. The summed E-state index contributed by atoms with van der Waals surface area (Å²) in [5.74, 6) is 0. The molecule has 3 rings (SSSR count). The van der Waals surface area contributed by atoms with E-state index < -0.39 is 0 Å². The maximum atomic E-state index is 9.46. The number of fused-ring (bicyclic) bond motifs is 1. The van der Waals surface area contributed by atoms with Crippen molar-refractivity contribution in [2.24, 2.45) is 0 Å². The van der Waals surface area contributed by atoms with Crippen molar-refractivity contribution in [3.8, 4) is 0 Å². The number of aliphatic hydroxyl groups is 1. The molecule has 1 unspecified atom stereocenters. The van der Waals surface area contributed by atoms with E-state index in [4.69, 9.17) is 5.73 Å². The molecule has 0 aliphatic heterocycles. The van der Waals surface area contributed by atoms with E-state index in [0.29, 0.717) is 12.1 Å². The second-order valence-corrected chi connectivity index (χ2v) is 6.27. The van der Waals surface area contributed by atoms with E-state index in [1.54, 1.807) is 0 Å². The van der Waals surface area contributed by atoms with Gasteiger partial charge in [-0.15, -0.1) is 0 Å². The van der Waals surface area contributed by atoms with Crippen molar-refractivity contribution in [3.63, 3.8) is 0 Å². The lowest BCUT2D eigenvalue weighted by Gasteiger charge is -2.38. The molecule has 2 aliphatic rings. The van der Waals surface area contributed by atoms with Crippen molar-refractivity contribution < 1.29 is 5.11 Å².